The number of hydrogen-bond acceptors (Lipinski definition) is 6. The Labute approximate surface area is 171 Å². The number of para-hydroxylation sites is 2. The first-order chi connectivity index (χ1) is 14.4. The van der Waals surface area contributed by atoms with Crippen molar-refractivity contribution in [1.29, 1.82) is 0 Å². The van der Waals surface area contributed by atoms with Crippen LogP contribution >= 0.6 is 0 Å². The van der Waals surface area contributed by atoms with Crippen molar-refractivity contribution < 1.29 is 12.8 Å². The van der Waals surface area contributed by atoms with Crippen molar-refractivity contribution in [1.82, 2.24) is 34.5 Å². The number of tetrazole rings is 1. The van der Waals surface area contributed by atoms with Crippen LogP contribution in [0.1, 0.15) is 18.3 Å². The van der Waals surface area contributed by atoms with E-state index in [1.54, 1.807) is 0 Å². The van der Waals surface area contributed by atoms with Crippen LogP contribution < -0.4 is 0 Å². The average molecular weight is 427 g/mol. The summed E-state index contributed by atoms with van der Waals surface area (Å²) < 4.78 is 44.2. The van der Waals surface area contributed by atoms with Gasteiger partial charge in [-0.05, 0) is 48.9 Å². The van der Waals surface area contributed by atoms with Gasteiger partial charge in [-0.1, -0.05) is 12.1 Å². The van der Waals surface area contributed by atoms with Crippen LogP contribution in [-0.4, -0.2) is 56.0 Å². The first kappa shape index (κ1) is 18.8. The second-order valence-electron chi connectivity index (χ2n) is 7.20. The number of fused-ring (bicyclic) bond motifs is 1. The summed E-state index contributed by atoms with van der Waals surface area (Å²) in [6, 6.07) is 11.4. The lowest BCUT2D eigenvalue weighted by Gasteiger charge is -2.19. The fraction of sp³-hybridized carbons (Fsp3) is 0.263. The topological polar surface area (TPSA) is 110 Å². The molecule has 0 spiro atoms. The lowest BCUT2D eigenvalue weighted by molar-refractivity contribution is 0.452. The molecule has 3 heterocycles. The number of nitrogens with zero attached hydrogens (tertiary/aromatic N) is 6. The second-order valence-corrected chi connectivity index (χ2v) is 9.14. The molecule has 1 saturated heterocycles. The number of halogens is 1. The summed E-state index contributed by atoms with van der Waals surface area (Å²) in [6.07, 6.45) is 0.666. The highest BCUT2D eigenvalue weighted by atomic mass is 32.2. The Bertz CT molecular complexity index is 1330. The molecule has 1 aliphatic heterocycles. The fourth-order valence-corrected chi connectivity index (χ4v) is 5.55. The van der Waals surface area contributed by atoms with Crippen molar-refractivity contribution in [3.63, 3.8) is 0 Å². The molecule has 1 atom stereocenters. The Kier molecular flexibility index (Phi) is 4.36. The molecule has 1 aliphatic rings. The number of imidazole rings is 1. The molecular weight excluding hydrogens is 409 g/mol. The van der Waals surface area contributed by atoms with Crippen LogP contribution in [0.2, 0.25) is 0 Å². The number of aryl methyl sites for hydroxylation is 1. The maximum Gasteiger partial charge on any atom is 0.243 e. The molecule has 30 heavy (non-hydrogen) atoms. The SMILES string of the molecule is Cc1nc2ccccc2n1[C@H]1CCN(S(=O)(=O)c2ccc(F)c(-c3nn[nH]n3)c2)C1. The molecule has 154 valence electrons. The van der Waals surface area contributed by atoms with Gasteiger partial charge < -0.3 is 4.57 Å². The molecule has 0 unspecified atom stereocenters. The van der Waals surface area contributed by atoms with E-state index in [9.17, 15) is 12.8 Å². The van der Waals surface area contributed by atoms with E-state index >= 15 is 0 Å². The highest BCUT2D eigenvalue weighted by Gasteiger charge is 2.35. The van der Waals surface area contributed by atoms with Crippen molar-refractivity contribution in [2.24, 2.45) is 0 Å². The molecule has 9 nitrogen and oxygen atoms in total. The lowest BCUT2D eigenvalue weighted by Crippen LogP contribution is -2.29. The quantitative estimate of drug-likeness (QED) is 0.535. The van der Waals surface area contributed by atoms with Gasteiger partial charge in [0.15, 0.2) is 0 Å². The summed E-state index contributed by atoms with van der Waals surface area (Å²) in [7, 11) is -3.81. The molecule has 1 fully saturated rings. The van der Waals surface area contributed by atoms with Gasteiger partial charge in [-0.15, -0.1) is 10.2 Å². The summed E-state index contributed by atoms with van der Waals surface area (Å²) in [4.78, 5) is 4.58. The Morgan fingerprint density at radius 2 is 2.03 bits per heavy atom. The Morgan fingerprint density at radius 3 is 2.83 bits per heavy atom. The predicted octanol–water partition coefficient (Wildman–Crippen LogP) is 2.30. The Hall–Kier alpha value is -3.18. The second kappa shape index (κ2) is 6.96. The zero-order valence-corrected chi connectivity index (χ0v) is 16.8. The van der Waals surface area contributed by atoms with Crippen molar-refractivity contribution in [3.05, 3.63) is 54.1 Å². The monoisotopic (exact) mass is 427 g/mol. The van der Waals surface area contributed by atoms with Gasteiger partial charge >= 0.3 is 0 Å². The van der Waals surface area contributed by atoms with Crippen LogP contribution in [0.5, 0.6) is 0 Å². The first-order valence-electron chi connectivity index (χ1n) is 9.42. The highest BCUT2D eigenvalue weighted by Crippen LogP contribution is 2.32. The van der Waals surface area contributed by atoms with E-state index in [4.69, 9.17) is 0 Å². The molecule has 4 aromatic rings. The summed E-state index contributed by atoms with van der Waals surface area (Å²) in [6.45, 7) is 2.61. The van der Waals surface area contributed by atoms with Crippen molar-refractivity contribution in [3.8, 4) is 11.4 Å². The molecule has 1 N–H and O–H groups in total. The van der Waals surface area contributed by atoms with Gasteiger partial charge in [-0.3, -0.25) is 0 Å². The van der Waals surface area contributed by atoms with Crippen LogP contribution in [0.25, 0.3) is 22.4 Å². The summed E-state index contributed by atoms with van der Waals surface area (Å²) in [5.74, 6) is 0.237. The molecule has 0 bridgehead atoms. The third-order valence-corrected chi connectivity index (χ3v) is 7.29. The lowest BCUT2D eigenvalue weighted by atomic mass is 10.2. The van der Waals surface area contributed by atoms with Gasteiger partial charge in [0.05, 0.1) is 27.5 Å². The van der Waals surface area contributed by atoms with E-state index in [1.165, 1.54) is 16.4 Å². The third-order valence-electron chi connectivity index (χ3n) is 5.43. The Morgan fingerprint density at radius 1 is 1.20 bits per heavy atom. The Balaban J connectivity index is 1.47. The maximum atomic E-state index is 14.2. The third kappa shape index (κ3) is 2.97. The predicted molar refractivity (Wildman–Crippen MR) is 106 cm³/mol. The van der Waals surface area contributed by atoms with E-state index < -0.39 is 15.8 Å². The van der Waals surface area contributed by atoms with E-state index in [0.29, 0.717) is 19.5 Å². The van der Waals surface area contributed by atoms with Gasteiger partial charge in [0.2, 0.25) is 15.8 Å². The van der Waals surface area contributed by atoms with Gasteiger partial charge in [0.1, 0.15) is 11.6 Å². The van der Waals surface area contributed by atoms with Crippen molar-refractivity contribution >= 4 is 21.1 Å². The molecule has 0 radical (unpaired) electrons. The highest BCUT2D eigenvalue weighted by molar-refractivity contribution is 7.89. The molecule has 11 heteroatoms. The number of H-pyrrole nitrogens is 1. The zero-order chi connectivity index (χ0) is 20.9. The normalized spacial score (nSPS) is 17.7. The number of benzene rings is 2. The summed E-state index contributed by atoms with van der Waals surface area (Å²) in [5, 5.41) is 13.1. The minimum atomic E-state index is -3.81. The van der Waals surface area contributed by atoms with Crippen LogP contribution in [0.3, 0.4) is 0 Å². The molecule has 0 aliphatic carbocycles. The van der Waals surface area contributed by atoms with E-state index in [2.05, 4.69) is 30.2 Å². The molecule has 5 rings (SSSR count). The smallest absolute Gasteiger partial charge is 0.243 e. The standard InChI is InChI=1S/C19H18FN7O2S/c1-12-21-17-4-2-3-5-18(17)27(12)13-8-9-26(11-13)30(28,29)14-6-7-16(20)15(10-14)19-22-24-25-23-19/h2-7,10,13H,8-9,11H2,1H3,(H,22,23,24,25)/t13-/m0/s1. The summed E-state index contributed by atoms with van der Waals surface area (Å²) >= 11 is 0. The van der Waals surface area contributed by atoms with E-state index in [-0.39, 0.29) is 22.3 Å². The molecule has 0 amide bonds. The van der Waals surface area contributed by atoms with Gasteiger partial charge in [-0.2, -0.15) is 9.52 Å². The van der Waals surface area contributed by atoms with Gasteiger partial charge in [-0.25, -0.2) is 17.8 Å². The fourth-order valence-electron chi connectivity index (χ4n) is 4.03. The van der Waals surface area contributed by atoms with E-state index in [0.717, 1.165) is 22.9 Å². The molecule has 2 aromatic carbocycles. The summed E-state index contributed by atoms with van der Waals surface area (Å²) in [5.41, 5.74) is 1.86. The van der Waals surface area contributed by atoms with Crippen molar-refractivity contribution in [2.45, 2.75) is 24.3 Å². The number of rotatable bonds is 4. The maximum absolute atomic E-state index is 14.2. The number of sulfonamides is 1. The molecule has 2 aromatic heterocycles. The van der Waals surface area contributed by atoms with Crippen LogP contribution in [0, 0.1) is 12.7 Å². The zero-order valence-electron chi connectivity index (χ0n) is 16.0. The number of nitrogens with one attached hydrogen (secondary N) is 1. The average Bonchev–Trinajstić information content (AvgIpc) is 3.47. The molecule has 0 saturated carbocycles. The van der Waals surface area contributed by atoms with Gasteiger partial charge in [0.25, 0.3) is 0 Å². The largest absolute Gasteiger partial charge is 0.324 e. The minimum Gasteiger partial charge on any atom is -0.324 e. The van der Waals surface area contributed by atoms with Crippen molar-refractivity contribution in [2.75, 3.05) is 13.1 Å². The number of aromatic nitrogens is 6. The van der Waals surface area contributed by atoms with Crippen LogP contribution in [0.15, 0.2) is 47.4 Å². The minimum absolute atomic E-state index is 0.00318. The first-order valence-corrected chi connectivity index (χ1v) is 10.9. The molecular formula is C19H18FN7O2S. The van der Waals surface area contributed by atoms with E-state index in [1.807, 2.05) is 31.2 Å². The number of hydrogen-bond donors (Lipinski definition) is 1. The number of aromatic amines is 1. The van der Waals surface area contributed by atoms with Gasteiger partial charge in [0, 0.05) is 13.1 Å². The van der Waals surface area contributed by atoms with Crippen LogP contribution in [0.4, 0.5) is 4.39 Å². The van der Waals surface area contributed by atoms with Crippen LogP contribution in [-0.2, 0) is 10.0 Å².